The van der Waals surface area contributed by atoms with Crippen LogP contribution in [-0.4, -0.2) is 24.8 Å². The van der Waals surface area contributed by atoms with Gasteiger partial charge in [0, 0.05) is 17.0 Å². The Hall–Kier alpha value is -4.98. The van der Waals surface area contributed by atoms with Crippen LogP contribution in [-0.2, 0) is 9.53 Å². The number of carbonyl (C=O) groups excluding carboxylic acids is 3. The number of rotatable bonds is 3. The summed E-state index contributed by atoms with van der Waals surface area (Å²) in [5.41, 5.74) is 2.19. The maximum atomic E-state index is 13.3. The molecule has 37 heavy (non-hydrogen) atoms. The lowest BCUT2D eigenvalue weighted by molar-refractivity contribution is -0.135. The van der Waals surface area contributed by atoms with Gasteiger partial charge in [0.25, 0.3) is 0 Å². The van der Waals surface area contributed by atoms with Crippen molar-refractivity contribution < 1.29 is 33.0 Å². The lowest BCUT2D eigenvalue weighted by Crippen LogP contribution is -2.25. The van der Waals surface area contributed by atoms with Gasteiger partial charge in [-0.05, 0) is 48.0 Å². The van der Waals surface area contributed by atoms with Gasteiger partial charge >= 0.3 is 11.9 Å². The van der Waals surface area contributed by atoms with Crippen LogP contribution in [0.5, 0.6) is 11.5 Å². The molecule has 182 valence electrons. The van der Waals surface area contributed by atoms with E-state index in [0.717, 1.165) is 0 Å². The quantitative estimate of drug-likeness (QED) is 0.230. The average Bonchev–Trinajstić information content (AvgIpc) is 3.23. The van der Waals surface area contributed by atoms with Crippen molar-refractivity contribution in [2.45, 2.75) is 12.3 Å². The van der Waals surface area contributed by atoms with Gasteiger partial charge in [-0.15, -0.1) is 0 Å². The summed E-state index contributed by atoms with van der Waals surface area (Å²) in [7, 11) is 1.30. The van der Waals surface area contributed by atoms with E-state index in [2.05, 4.69) is 0 Å². The first-order valence-electron chi connectivity index (χ1n) is 11.4. The van der Waals surface area contributed by atoms with E-state index >= 15 is 0 Å². The maximum Gasteiger partial charge on any atom is 0.337 e. The minimum Gasteiger partial charge on any atom is -0.465 e. The van der Waals surface area contributed by atoms with Crippen molar-refractivity contribution in [3.05, 3.63) is 111 Å². The van der Waals surface area contributed by atoms with Crippen molar-refractivity contribution >= 4 is 34.8 Å². The highest BCUT2D eigenvalue weighted by atomic mass is 16.5. The summed E-state index contributed by atoms with van der Waals surface area (Å²) in [6, 6.07) is 16.4. The van der Waals surface area contributed by atoms with Crippen molar-refractivity contribution in [1.29, 1.82) is 0 Å². The van der Waals surface area contributed by atoms with E-state index < -0.39 is 17.9 Å². The lowest BCUT2D eigenvalue weighted by Gasteiger charge is -2.25. The number of Topliss-reactive ketones (excluding diaryl/α,β-unsaturated/α-hetero) is 1. The van der Waals surface area contributed by atoms with Gasteiger partial charge in [0.2, 0.25) is 5.78 Å². The second-order valence-corrected chi connectivity index (χ2v) is 8.65. The van der Waals surface area contributed by atoms with Crippen molar-refractivity contribution in [1.82, 2.24) is 0 Å². The van der Waals surface area contributed by atoms with E-state index in [4.69, 9.17) is 18.6 Å². The van der Waals surface area contributed by atoms with Gasteiger partial charge in [0.1, 0.15) is 17.1 Å². The second kappa shape index (κ2) is 8.60. The third-order valence-electron chi connectivity index (χ3n) is 6.49. The fourth-order valence-electron chi connectivity index (χ4n) is 4.69. The topological polar surface area (TPSA) is 109 Å². The molecule has 0 saturated carbocycles. The van der Waals surface area contributed by atoms with Crippen molar-refractivity contribution in [2.75, 3.05) is 7.11 Å². The summed E-state index contributed by atoms with van der Waals surface area (Å²) in [6.07, 6.45) is 2.80. The summed E-state index contributed by atoms with van der Waals surface area (Å²) in [6.45, 7) is 0. The Labute approximate surface area is 209 Å². The standard InChI is InChI=1S/C29H18O8/c1-34-29(33)16-8-6-15(7-9-16)12-23-27(32)18-10-11-22-25(28(18)37-23)19(13-24(30)36-22)20-14-35-21-5-3-2-4-17(21)26(20)31/h2-12,14,19H,13H2,1H3/b23-12-/t19-/m1/s1. The van der Waals surface area contributed by atoms with Crippen molar-refractivity contribution in [2.24, 2.45) is 0 Å². The lowest BCUT2D eigenvalue weighted by atomic mass is 9.85. The Kier molecular flexibility index (Phi) is 5.22. The maximum absolute atomic E-state index is 13.3. The minimum absolute atomic E-state index is 0.0652. The van der Waals surface area contributed by atoms with E-state index in [9.17, 15) is 19.2 Å². The van der Waals surface area contributed by atoms with Gasteiger partial charge in [-0.1, -0.05) is 24.3 Å². The zero-order valence-corrected chi connectivity index (χ0v) is 19.5. The van der Waals surface area contributed by atoms with Crippen LogP contribution < -0.4 is 14.9 Å². The number of para-hydroxylation sites is 1. The first-order valence-corrected chi connectivity index (χ1v) is 11.4. The van der Waals surface area contributed by atoms with Gasteiger partial charge in [-0.25, -0.2) is 4.79 Å². The fraction of sp³-hybridized carbons (Fsp3) is 0.103. The third kappa shape index (κ3) is 3.70. The van der Waals surface area contributed by atoms with Crippen LogP contribution in [0.15, 0.2) is 81.9 Å². The van der Waals surface area contributed by atoms with Crippen LogP contribution >= 0.6 is 0 Å². The summed E-state index contributed by atoms with van der Waals surface area (Å²) >= 11 is 0. The molecular weight excluding hydrogens is 476 g/mol. The van der Waals surface area contributed by atoms with Crippen molar-refractivity contribution in [3.8, 4) is 11.5 Å². The number of ketones is 1. The van der Waals surface area contributed by atoms with E-state index in [0.29, 0.717) is 33.2 Å². The number of methoxy groups -OCH3 is 1. The number of allylic oxidation sites excluding steroid dienone is 1. The molecule has 4 aromatic rings. The van der Waals surface area contributed by atoms with Gasteiger partial charge < -0.3 is 18.6 Å². The Morgan fingerprint density at radius 1 is 0.973 bits per heavy atom. The predicted molar refractivity (Wildman–Crippen MR) is 132 cm³/mol. The first-order chi connectivity index (χ1) is 17.9. The highest BCUT2D eigenvalue weighted by Gasteiger charge is 2.39. The number of benzene rings is 3. The Morgan fingerprint density at radius 3 is 2.54 bits per heavy atom. The molecule has 0 fully saturated rings. The third-order valence-corrected chi connectivity index (χ3v) is 6.49. The second-order valence-electron chi connectivity index (χ2n) is 8.65. The molecule has 6 rings (SSSR count). The molecule has 0 unspecified atom stereocenters. The molecule has 0 aliphatic carbocycles. The van der Waals surface area contributed by atoms with E-state index in [1.165, 1.54) is 25.5 Å². The largest absolute Gasteiger partial charge is 0.465 e. The van der Waals surface area contributed by atoms with Gasteiger partial charge in [0.15, 0.2) is 11.2 Å². The highest BCUT2D eigenvalue weighted by molar-refractivity contribution is 6.15. The van der Waals surface area contributed by atoms with Crippen LogP contribution in [0.4, 0.5) is 0 Å². The fourth-order valence-corrected chi connectivity index (χ4v) is 4.69. The molecule has 0 saturated heterocycles. The molecule has 1 atom stereocenters. The predicted octanol–water partition coefficient (Wildman–Crippen LogP) is 4.64. The van der Waals surface area contributed by atoms with Gasteiger partial charge in [0.05, 0.1) is 36.3 Å². The number of fused-ring (bicyclic) bond motifs is 4. The van der Waals surface area contributed by atoms with E-state index in [-0.39, 0.29) is 40.5 Å². The number of ether oxygens (including phenoxy) is 3. The normalized spacial score (nSPS) is 17.2. The van der Waals surface area contributed by atoms with E-state index in [1.807, 2.05) is 0 Å². The molecule has 0 amide bonds. The first kappa shape index (κ1) is 22.5. The molecule has 0 radical (unpaired) electrons. The average molecular weight is 494 g/mol. The van der Waals surface area contributed by atoms with Crippen LogP contribution in [0.3, 0.4) is 0 Å². The Bertz CT molecular complexity index is 1710. The molecule has 8 nitrogen and oxygen atoms in total. The molecule has 3 heterocycles. The summed E-state index contributed by atoms with van der Waals surface area (Å²) in [4.78, 5) is 50.7. The number of carbonyl (C=O) groups is 3. The molecular formula is C29H18O8. The van der Waals surface area contributed by atoms with Crippen LogP contribution in [0.1, 0.15) is 49.7 Å². The van der Waals surface area contributed by atoms with E-state index in [1.54, 1.807) is 54.6 Å². The number of esters is 2. The molecule has 2 aliphatic rings. The summed E-state index contributed by atoms with van der Waals surface area (Å²) in [5.74, 6) is -1.51. The number of hydrogen-bond donors (Lipinski definition) is 0. The minimum atomic E-state index is -0.724. The van der Waals surface area contributed by atoms with Crippen LogP contribution in [0.25, 0.3) is 17.0 Å². The molecule has 1 aromatic heterocycles. The Morgan fingerprint density at radius 2 is 1.76 bits per heavy atom. The zero-order chi connectivity index (χ0) is 25.7. The molecule has 0 spiro atoms. The van der Waals surface area contributed by atoms with Crippen molar-refractivity contribution in [3.63, 3.8) is 0 Å². The zero-order valence-electron chi connectivity index (χ0n) is 19.5. The summed E-state index contributed by atoms with van der Waals surface area (Å²) < 4.78 is 21.9. The number of hydrogen-bond acceptors (Lipinski definition) is 8. The molecule has 3 aromatic carbocycles. The molecule has 0 N–H and O–H groups in total. The molecule has 0 bridgehead atoms. The summed E-state index contributed by atoms with van der Waals surface area (Å²) in [5, 5.41) is 0.390. The van der Waals surface area contributed by atoms with Gasteiger partial charge in [-0.2, -0.15) is 0 Å². The smallest absolute Gasteiger partial charge is 0.337 e. The van der Waals surface area contributed by atoms with Gasteiger partial charge in [-0.3, -0.25) is 14.4 Å². The monoisotopic (exact) mass is 494 g/mol. The highest BCUT2D eigenvalue weighted by Crippen LogP contribution is 2.48. The molecule has 2 aliphatic heterocycles. The molecule has 8 heteroatoms. The van der Waals surface area contributed by atoms with Crippen LogP contribution in [0, 0.1) is 0 Å². The Balaban J connectivity index is 1.43. The van der Waals surface area contributed by atoms with Crippen LogP contribution in [0.2, 0.25) is 0 Å². The SMILES string of the molecule is COC(=O)c1ccc(/C=C2\Oc3c(ccc4c3[C@@H](c3coc5ccccc5c3=O)CC(=O)O4)C2=O)cc1.